The molecule has 1 aromatic heterocycles. The Morgan fingerprint density at radius 2 is 1.90 bits per heavy atom. The molecule has 158 valence electrons. The predicted molar refractivity (Wildman–Crippen MR) is 101 cm³/mol. The zero-order valence-electron chi connectivity index (χ0n) is 15.9. The van der Waals surface area contributed by atoms with Gasteiger partial charge in [0.15, 0.2) is 5.69 Å². The molecule has 1 atom stereocenters. The molecule has 3 rings (SSSR count). The fourth-order valence-electron chi connectivity index (χ4n) is 2.93. The van der Waals surface area contributed by atoms with Gasteiger partial charge in [0.05, 0.1) is 25.4 Å². The van der Waals surface area contributed by atoms with E-state index in [0.717, 1.165) is 6.07 Å². The Bertz CT molecular complexity index is 1020. The minimum atomic E-state index is -4.51. The molecule has 0 bridgehead atoms. The van der Waals surface area contributed by atoms with E-state index in [0.29, 0.717) is 11.3 Å². The number of rotatable bonds is 7. The lowest BCUT2D eigenvalue weighted by molar-refractivity contribution is -0.138. The first-order valence-electron chi connectivity index (χ1n) is 8.94. The highest BCUT2D eigenvalue weighted by Crippen LogP contribution is 2.31. The molecule has 2 aromatic carbocycles. The summed E-state index contributed by atoms with van der Waals surface area (Å²) in [6.07, 6.45) is -4.17. The summed E-state index contributed by atoms with van der Waals surface area (Å²) < 4.78 is 45.6. The summed E-state index contributed by atoms with van der Waals surface area (Å²) in [6, 6.07) is 11.9. The van der Waals surface area contributed by atoms with Gasteiger partial charge >= 0.3 is 6.18 Å². The molecule has 30 heavy (non-hydrogen) atoms. The van der Waals surface area contributed by atoms with Crippen molar-refractivity contribution in [2.75, 3.05) is 7.11 Å². The van der Waals surface area contributed by atoms with Crippen LogP contribution < -0.4 is 10.1 Å². The third-order valence-corrected chi connectivity index (χ3v) is 4.39. The number of para-hydroxylation sites is 1. The number of methoxy groups -OCH3 is 1. The zero-order chi connectivity index (χ0) is 21.7. The van der Waals surface area contributed by atoms with Gasteiger partial charge in [0.25, 0.3) is 5.91 Å². The molecule has 10 heteroatoms. The van der Waals surface area contributed by atoms with Crippen LogP contribution in [0, 0.1) is 0 Å². The molecule has 0 saturated carbocycles. The van der Waals surface area contributed by atoms with Gasteiger partial charge in [-0.3, -0.25) is 4.79 Å². The van der Waals surface area contributed by atoms with Crippen LogP contribution in [0.15, 0.2) is 54.7 Å². The van der Waals surface area contributed by atoms with Crippen molar-refractivity contribution in [3.8, 4) is 5.75 Å². The molecule has 1 heterocycles. The second kappa shape index (κ2) is 8.95. The van der Waals surface area contributed by atoms with Gasteiger partial charge < -0.3 is 15.2 Å². The Hall–Kier alpha value is -3.40. The number of amides is 1. The van der Waals surface area contributed by atoms with E-state index < -0.39 is 23.8 Å². The van der Waals surface area contributed by atoms with Crippen molar-refractivity contribution < 1.29 is 27.8 Å². The Kier molecular flexibility index (Phi) is 6.36. The molecule has 0 spiro atoms. The first-order chi connectivity index (χ1) is 14.3. The van der Waals surface area contributed by atoms with Crippen LogP contribution in [0.4, 0.5) is 13.2 Å². The monoisotopic (exact) mass is 420 g/mol. The van der Waals surface area contributed by atoms with E-state index in [9.17, 15) is 23.1 Å². The number of carbonyl (C=O) groups is 1. The van der Waals surface area contributed by atoms with E-state index >= 15 is 0 Å². The van der Waals surface area contributed by atoms with E-state index in [2.05, 4.69) is 15.6 Å². The SMILES string of the molecule is COc1ccccc1C(O)Cn1cc(C(=O)NCc2ccccc2C(F)(F)F)nn1. The Morgan fingerprint density at radius 3 is 2.63 bits per heavy atom. The van der Waals surface area contributed by atoms with Crippen molar-refractivity contribution >= 4 is 5.91 Å². The summed E-state index contributed by atoms with van der Waals surface area (Å²) in [5.41, 5.74) is -0.400. The smallest absolute Gasteiger partial charge is 0.416 e. The summed E-state index contributed by atoms with van der Waals surface area (Å²) in [7, 11) is 1.49. The summed E-state index contributed by atoms with van der Waals surface area (Å²) in [5, 5.41) is 20.3. The van der Waals surface area contributed by atoms with Gasteiger partial charge in [-0.25, -0.2) is 4.68 Å². The first kappa shape index (κ1) is 21.3. The minimum Gasteiger partial charge on any atom is -0.496 e. The number of halogens is 3. The number of aliphatic hydroxyl groups excluding tert-OH is 1. The number of nitrogens with one attached hydrogen (secondary N) is 1. The molecule has 1 unspecified atom stereocenters. The Balaban J connectivity index is 1.65. The largest absolute Gasteiger partial charge is 0.496 e. The standard InChI is InChI=1S/C20H19F3N4O3/c1-30-18-9-5-3-7-14(18)17(28)12-27-11-16(25-26-27)19(29)24-10-13-6-2-4-8-15(13)20(21,22)23/h2-9,11,17,28H,10,12H2,1H3,(H,24,29). The van der Waals surface area contributed by atoms with Gasteiger partial charge in [-0.2, -0.15) is 13.2 Å². The quantitative estimate of drug-likeness (QED) is 0.614. The van der Waals surface area contributed by atoms with Gasteiger partial charge in [-0.05, 0) is 17.7 Å². The second-order valence-corrected chi connectivity index (χ2v) is 6.42. The van der Waals surface area contributed by atoms with Crippen LogP contribution in [0.1, 0.15) is 33.3 Å². The molecular formula is C20H19F3N4O3. The molecule has 0 aliphatic rings. The van der Waals surface area contributed by atoms with Crippen molar-refractivity contribution in [1.82, 2.24) is 20.3 Å². The number of hydrogen-bond donors (Lipinski definition) is 2. The lowest BCUT2D eigenvalue weighted by Gasteiger charge is -2.14. The van der Waals surface area contributed by atoms with Crippen LogP contribution in [0.3, 0.4) is 0 Å². The molecule has 0 saturated heterocycles. The molecule has 2 N–H and O–H groups in total. The number of alkyl halides is 3. The number of ether oxygens (including phenoxy) is 1. The van der Waals surface area contributed by atoms with Gasteiger partial charge in [0.1, 0.15) is 11.9 Å². The molecule has 1 amide bonds. The normalized spacial score (nSPS) is 12.4. The van der Waals surface area contributed by atoms with E-state index in [1.54, 1.807) is 24.3 Å². The molecule has 0 radical (unpaired) electrons. The van der Waals surface area contributed by atoms with Gasteiger partial charge in [-0.1, -0.05) is 41.6 Å². The fourth-order valence-corrected chi connectivity index (χ4v) is 2.93. The van der Waals surface area contributed by atoms with Crippen LogP contribution in [0.25, 0.3) is 0 Å². The van der Waals surface area contributed by atoms with E-state index in [-0.39, 0.29) is 24.3 Å². The maximum atomic E-state index is 13.0. The minimum absolute atomic E-state index is 0.0115. The maximum absolute atomic E-state index is 13.0. The average Bonchev–Trinajstić information content (AvgIpc) is 3.20. The molecule has 7 nitrogen and oxygen atoms in total. The van der Waals surface area contributed by atoms with Gasteiger partial charge in [0, 0.05) is 12.1 Å². The van der Waals surface area contributed by atoms with Crippen LogP contribution in [0.2, 0.25) is 0 Å². The molecule has 0 aliphatic heterocycles. The number of aromatic nitrogens is 3. The zero-order valence-corrected chi connectivity index (χ0v) is 15.9. The average molecular weight is 420 g/mol. The highest BCUT2D eigenvalue weighted by molar-refractivity contribution is 5.91. The van der Waals surface area contributed by atoms with Crippen molar-refractivity contribution in [2.24, 2.45) is 0 Å². The summed E-state index contributed by atoms with van der Waals surface area (Å²) in [5.74, 6) is -0.170. The number of carbonyl (C=O) groups excluding carboxylic acids is 1. The van der Waals surface area contributed by atoms with Gasteiger partial charge in [0.2, 0.25) is 0 Å². The van der Waals surface area contributed by atoms with Crippen molar-refractivity contribution in [3.63, 3.8) is 0 Å². The first-order valence-corrected chi connectivity index (χ1v) is 8.94. The summed E-state index contributed by atoms with van der Waals surface area (Å²) in [6.45, 7) is -0.303. The second-order valence-electron chi connectivity index (χ2n) is 6.42. The topological polar surface area (TPSA) is 89.3 Å². The van der Waals surface area contributed by atoms with Gasteiger partial charge in [-0.15, -0.1) is 5.10 Å². The number of aliphatic hydroxyl groups is 1. The van der Waals surface area contributed by atoms with Crippen LogP contribution in [-0.2, 0) is 19.3 Å². The fraction of sp³-hybridized carbons (Fsp3) is 0.250. The number of benzene rings is 2. The Labute approximate surface area is 170 Å². The van der Waals surface area contributed by atoms with Crippen LogP contribution in [0.5, 0.6) is 5.75 Å². The third kappa shape index (κ3) is 4.95. The maximum Gasteiger partial charge on any atom is 0.416 e. The van der Waals surface area contributed by atoms with Crippen LogP contribution in [-0.4, -0.2) is 33.1 Å². The Morgan fingerprint density at radius 1 is 1.20 bits per heavy atom. The van der Waals surface area contributed by atoms with Crippen molar-refractivity contribution in [2.45, 2.75) is 25.4 Å². The molecular weight excluding hydrogens is 401 g/mol. The molecule has 0 aliphatic carbocycles. The van der Waals surface area contributed by atoms with Crippen LogP contribution >= 0.6 is 0 Å². The lowest BCUT2D eigenvalue weighted by atomic mass is 10.1. The molecule has 0 fully saturated rings. The van der Waals surface area contributed by atoms with E-state index in [1.807, 2.05) is 0 Å². The molecule has 3 aromatic rings. The van der Waals surface area contributed by atoms with Crippen molar-refractivity contribution in [3.05, 3.63) is 77.1 Å². The van der Waals surface area contributed by atoms with Crippen molar-refractivity contribution in [1.29, 1.82) is 0 Å². The van der Waals surface area contributed by atoms with E-state index in [4.69, 9.17) is 4.74 Å². The highest BCUT2D eigenvalue weighted by atomic mass is 19.4. The van der Waals surface area contributed by atoms with E-state index in [1.165, 1.54) is 36.2 Å². The third-order valence-electron chi connectivity index (χ3n) is 4.39. The summed E-state index contributed by atoms with van der Waals surface area (Å²) >= 11 is 0. The summed E-state index contributed by atoms with van der Waals surface area (Å²) in [4.78, 5) is 12.3. The number of hydrogen-bond acceptors (Lipinski definition) is 5. The lowest BCUT2D eigenvalue weighted by Crippen LogP contribution is -2.24. The predicted octanol–water partition coefficient (Wildman–Crippen LogP) is 2.97. The number of nitrogens with zero attached hydrogens (tertiary/aromatic N) is 3. The highest BCUT2D eigenvalue weighted by Gasteiger charge is 2.32.